The monoisotopic (exact) mass is 489 g/mol. The third-order valence-electron chi connectivity index (χ3n) is 5.00. The van der Waals surface area contributed by atoms with E-state index in [9.17, 15) is 21.6 Å². The van der Waals surface area contributed by atoms with Crippen LogP contribution in [0.25, 0.3) is 11.3 Å². The molecule has 3 aromatic rings. The molecule has 176 valence electrons. The molecular weight excluding hydrogens is 471 g/mol. The highest BCUT2D eigenvalue weighted by Crippen LogP contribution is 2.48. The molecule has 0 radical (unpaired) electrons. The molecule has 0 spiro atoms. The fraction of sp³-hybridized carbons (Fsp3) is 0.273. The molecule has 12 heteroatoms. The molecule has 1 saturated carbocycles. The lowest BCUT2D eigenvalue weighted by Crippen LogP contribution is -2.13. The summed E-state index contributed by atoms with van der Waals surface area (Å²) in [6, 6.07) is 7.41. The van der Waals surface area contributed by atoms with E-state index < -0.39 is 21.9 Å². The summed E-state index contributed by atoms with van der Waals surface area (Å²) in [6.07, 6.45) is 0.576. The maximum absolute atomic E-state index is 13.3. The van der Waals surface area contributed by atoms with Crippen LogP contribution in [-0.4, -0.2) is 29.6 Å². The van der Waals surface area contributed by atoms with Crippen molar-refractivity contribution in [1.82, 2.24) is 15.0 Å². The number of halogens is 3. The number of aromatic nitrogens is 3. The van der Waals surface area contributed by atoms with E-state index >= 15 is 0 Å². The van der Waals surface area contributed by atoms with Crippen molar-refractivity contribution in [3.8, 4) is 29.0 Å². The SMILES string of the molecule is Cc1nc(C(F)(F)F)cc(C2CC2)c1Oc1nc(-c2cncc(C#N)c2)ccc1NS(C)(=O)=O. The van der Waals surface area contributed by atoms with Gasteiger partial charge in [-0.1, -0.05) is 0 Å². The molecule has 1 aliphatic rings. The van der Waals surface area contributed by atoms with E-state index in [1.165, 1.54) is 31.5 Å². The van der Waals surface area contributed by atoms with E-state index in [1.54, 1.807) is 6.07 Å². The molecule has 34 heavy (non-hydrogen) atoms. The quantitative estimate of drug-likeness (QED) is 0.529. The van der Waals surface area contributed by atoms with Gasteiger partial charge >= 0.3 is 6.18 Å². The molecule has 0 saturated heterocycles. The zero-order chi connectivity index (χ0) is 24.7. The van der Waals surface area contributed by atoms with Gasteiger partial charge in [-0.15, -0.1) is 0 Å². The first-order chi connectivity index (χ1) is 15.9. The van der Waals surface area contributed by atoms with Crippen molar-refractivity contribution in [2.24, 2.45) is 0 Å². The largest absolute Gasteiger partial charge is 0.435 e. The normalized spacial score (nSPS) is 13.9. The lowest BCUT2D eigenvalue weighted by atomic mass is 10.1. The maximum atomic E-state index is 13.3. The molecule has 0 bridgehead atoms. The third kappa shape index (κ3) is 5.26. The zero-order valence-corrected chi connectivity index (χ0v) is 18.8. The highest BCUT2D eigenvalue weighted by Gasteiger charge is 2.37. The average Bonchev–Trinajstić information content (AvgIpc) is 3.59. The van der Waals surface area contributed by atoms with Crippen LogP contribution in [0.1, 0.15) is 41.3 Å². The second kappa shape index (κ2) is 8.57. The number of hydrogen-bond donors (Lipinski definition) is 1. The maximum Gasteiger partial charge on any atom is 0.433 e. The standard InChI is InChI=1S/C22H18F3N5O3S/c1-12-20(16(14-3-4-14)8-19(28-12)22(23,24)25)33-21-18(30-34(2,31)32)6-5-17(29-21)15-7-13(9-26)10-27-11-15/h5-8,10-11,14,30H,3-4H2,1-2H3. The number of hydrogen-bond acceptors (Lipinski definition) is 7. The average molecular weight is 489 g/mol. The Labute approximate surface area is 193 Å². The number of aryl methyl sites for hydroxylation is 1. The van der Waals surface area contributed by atoms with E-state index in [0.29, 0.717) is 35.2 Å². The molecule has 0 aliphatic heterocycles. The van der Waals surface area contributed by atoms with Gasteiger partial charge < -0.3 is 4.74 Å². The van der Waals surface area contributed by atoms with E-state index in [1.807, 2.05) is 6.07 Å². The summed E-state index contributed by atoms with van der Waals surface area (Å²) in [4.78, 5) is 12.0. The van der Waals surface area contributed by atoms with Gasteiger partial charge in [-0.25, -0.2) is 18.4 Å². The van der Waals surface area contributed by atoms with Gasteiger partial charge in [0, 0.05) is 23.5 Å². The van der Waals surface area contributed by atoms with Gasteiger partial charge in [-0.3, -0.25) is 9.71 Å². The molecule has 1 aliphatic carbocycles. The first-order valence-corrected chi connectivity index (χ1v) is 11.9. The van der Waals surface area contributed by atoms with E-state index in [2.05, 4.69) is 19.7 Å². The minimum absolute atomic E-state index is 0.00220. The summed E-state index contributed by atoms with van der Waals surface area (Å²) in [5.41, 5.74) is 0.405. The third-order valence-corrected chi connectivity index (χ3v) is 5.59. The van der Waals surface area contributed by atoms with E-state index in [4.69, 9.17) is 10.00 Å². The summed E-state index contributed by atoms with van der Waals surface area (Å²) < 4.78 is 72.0. The van der Waals surface area contributed by atoms with Crippen LogP contribution in [0.4, 0.5) is 18.9 Å². The molecule has 1 N–H and O–H groups in total. The predicted molar refractivity (Wildman–Crippen MR) is 117 cm³/mol. The van der Waals surface area contributed by atoms with Crippen LogP contribution >= 0.6 is 0 Å². The van der Waals surface area contributed by atoms with Crippen LogP contribution in [0.5, 0.6) is 11.6 Å². The van der Waals surface area contributed by atoms with Crippen molar-refractivity contribution in [3.63, 3.8) is 0 Å². The Morgan fingerprint density at radius 2 is 1.91 bits per heavy atom. The van der Waals surface area contributed by atoms with Gasteiger partial charge in [-0.2, -0.15) is 18.4 Å². The van der Waals surface area contributed by atoms with Gasteiger partial charge in [0.15, 0.2) is 5.75 Å². The number of pyridine rings is 3. The van der Waals surface area contributed by atoms with Gasteiger partial charge in [0.2, 0.25) is 15.9 Å². The van der Waals surface area contributed by atoms with E-state index in [0.717, 1.165) is 12.3 Å². The molecule has 0 amide bonds. The predicted octanol–water partition coefficient (Wildman–Crippen LogP) is 4.78. The Morgan fingerprint density at radius 1 is 1.18 bits per heavy atom. The fourth-order valence-electron chi connectivity index (χ4n) is 3.36. The van der Waals surface area contributed by atoms with Gasteiger partial charge in [0.05, 0.1) is 23.2 Å². The van der Waals surface area contributed by atoms with Crippen LogP contribution in [0.15, 0.2) is 36.7 Å². The molecule has 8 nitrogen and oxygen atoms in total. The molecule has 3 aromatic heterocycles. The molecule has 0 unspecified atom stereocenters. The molecular formula is C22H18F3N5O3S. The molecule has 4 rings (SSSR count). The van der Waals surface area contributed by atoms with Crippen LogP contribution in [0.3, 0.4) is 0 Å². The highest BCUT2D eigenvalue weighted by molar-refractivity contribution is 7.92. The van der Waals surface area contributed by atoms with Crippen LogP contribution in [0, 0.1) is 18.3 Å². The Balaban J connectivity index is 1.83. The Bertz CT molecular complexity index is 1410. The second-order valence-corrected chi connectivity index (χ2v) is 9.63. The van der Waals surface area contributed by atoms with Crippen molar-refractivity contribution >= 4 is 15.7 Å². The number of nitrogens with zero attached hydrogens (tertiary/aromatic N) is 4. The molecule has 1 fully saturated rings. The Morgan fingerprint density at radius 3 is 2.53 bits per heavy atom. The number of nitrogens with one attached hydrogen (secondary N) is 1. The van der Waals surface area contributed by atoms with Crippen molar-refractivity contribution < 1.29 is 26.3 Å². The lowest BCUT2D eigenvalue weighted by molar-refractivity contribution is -0.141. The lowest BCUT2D eigenvalue weighted by Gasteiger charge is -2.18. The number of alkyl halides is 3. The number of ether oxygens (including phenoxy) is 1. The second-order valence-electron chi connectivity index (χ2n) is 7.88. The number of rotatable bonds is 6. The van der Waals surface area contributed by atoms with Crippen molar-refractivity contribution in [3.05, 3.63) is 59.2 Å². The van der Waals surface area contributed by atoms with Crippen LogP contribution in [0.2, 0.25) is 0 Å². The van der Waals surface area contributed by atoms with Crippen molar-refractivity contribution in [2.75, 3.05) is 11.0 Å². The Kier molecular flexibility index (Phi) is 5.91. The summed E-state index contributed by atoms with van der Waals surface area (Å²) in [5.74, 6) is -0.193. The topological polar surface area (TPSA) is 118 Å². The van der Waals surface area contributed by atoms with Gasteiger partial charge in [0.1, 0.15) is 17.5 Å². The fourth-order valence-corrected chi connectivity index (χ4v) is 3.91. The first-order valence-electron chi connectivity index (χ1n) is 10.1. The Hall–Kier alpha value is -3.72. The van der Waals surface area contributed by atoms with E-state index in [-0.39, 0.29) is 28.9 Å². The summed E-state index contributed by atoms with van der Waals surface area (Å²) in [7, 11) is -3.72. The number of nitriles is 1. The first kappa shape index (κ1) is 23.4. The molecule has 0 atom stereocenters. The summed E-state index contributed by atoms with van der Waals surface area (Å²) >= 11 is 0. The summed E-state index contributed by atoms with van der Waals surface area (Å²) in [5, 5.41) is 9.13. The number of anilines is 1. The molecule has 0 aromatic carbocycles. The summed E-state index contributed by atoms with van der Waals surface area (Å²) in [6.45, 7) is 1.39. The minimum atomic E-state index is -4.62. The van der Waals surface area contributed by atoms with Gasteiger partial charge in [-0.05, 0) is 49.9 Å². The smallest absolute Gasteiger partial charge is 0.433 e. The molecule has 3 heterocycles. The van der Waals surface area contributed by atoms with Crippen molar-refractivity contribution in [2.45, 2.75) is 31.9 Å². The van der Waals surface area contributed by atoms with Gasteiger partial charge in [0.25, 0.3) is 0 Å². The van der Waals surface area contributed by atoms with Crippen molar-refractivity contribution in [1.29, 1.82) is 5.26 Å². The highest BCUT2D eigenvalue weighted by atomic mass is 32.2. The van der Waals surface area contributed by atoms with Crippen LogP contribution < -0.4 is 9.46 Å². The van der Waals surface area contributed by atoms with Crippen LogP contribution in [-0.2, 0) is 16.2 Å². The minimum Gasteiger partial charge on any atom is -0.435 e. The zero-order valence-electron chi connectivity index (χ0n) is 18.0. The number of sulfonamides is 1.